The van der Waals surface area contributed by atoms with Crippen LogP contribution in [-0.2, 0) is 9.47 Å². The van der Waals surface area contributed by atoms with E-state index in [0.29, 0.717) is 17.6 Å². The van der Waals surface area contributed by atoms with Gasteiger partial charge in [-0.05, 0) is 50.0 Å². The van der Waals surface area contributed by atoms with E-state index in [0.717, 1.165) is 38.7 Å². The number of rotatable bonds is 9. The van der Waals surface area contributed by atoms with Crippen LogP contribution in [0.15, 0.2) is 0 Å². The largest absolute Gasteiger partial charge is 0.379 e. The first-order valence-electron chi connectivity index (χ1n) is 8.91. The van der Waals surface area contributed by atoms with Crippen LogP contribution >= 0.6 is 0 Å². The molecule has 0 amide bonds. The molecular weight excluding hydrogens is 262 g/mol. The molecule has 1 aliphatic rings. The quantitative estimate of drug-likeness (QED) is 0.652. The molecule has 0 radical (unpaired) electrons. The minimum atomic E-state index is 0.347. The molecule has 0 aromatic carbocycles. The Bertz CT molecular complexity index is 262. The second-order valence-electron chi connectivity index (χ2n) is 7.46. The summed E-state index contributed by atoms with van der Waals surface area (Å²) in [6, 6.07) is 0.523. The summed E-state index contributed by atoms with van der Waals surface area (Å²) in [4.78, 5) is 0. The Balaban J connectivity index is 2.44. The minimum Gasteiger partial charge on any atom is -0.379 e. The van der Waals surface area contributed by atoms with Gasteiger partial charge >= 0.3 is 0 Å². The maximum Gasteiger partial charge on any atom is 0.0732 e. The zero-order chi connectivity index (χ0) is 15.7. The zero-order valence-corrected chi connectivity index (χ0v) is 14.9. The predicted octanol–water partition coefficient (Wildman–Crippen LogP) is 4.01. The lowest BCUT2D eigenvalue weighted by Crippen LogP contribution is -2.48. The van der Waals surface area contributed by atoms with Crippen molar-refractivity contribution in [3.63, 3.8) is 0 Å². The smallest absolute Gasteiger partial charge is 0.0732 e. The molecule has 1 N–H and O–H groups in total. The van der Waals surface area contributed by atoms with Crippen molar-refractivity contribution < 1.29 is 9.47 Å². The third-order valence-electron chi connectivity index (χ3n) is 4.58. The number of nitrogens with one attached hydrogen (secondary N) is 1. The first-order chi connectivity index (χ1) is 9.99. The Morgan fingerprint density at radius 1 is 1.00 bits per heavy atom. The maximum absolute atomic E-state index is 6.18. The van der Waals surface area contributed by atoms with Crippen LogP contribution in [0.5, 0.6) is 0 Å². The van der Waals surface area contributed by atoms with Crippen LogP contribution < -0.4 is 5.32 Å². The summed E-state index contributed by atoms with van der Waals surface area (Å²) in [5.41, 5.74) is 0.385. The van der Waals surface area contributed by atoms with Crippen molar-refractivity contribution in [2.45, 2.75) is 78.9 Å². The molecule has 1 rings (SSSR count). The van der Waals surface area contributed by atoms with Crippen molar-refractivity contribution in [2.24, 2.45) is 11.3 Å². The Morgan fingerprint density at radius 3 is 2.38 bits per heavy atom. The molecule has 126 valence electrons. The van der Waals surface area contributed by atoms with Gasteiger partial charge in [0.2, 0.25) is 0 Å². The van der Waals surface area contributed by atoms with Gasteiger partial charge in [0.25, 0.3) is 0 Å². The van der Waals surface area contributed by atoms with Gasteiger partial charge in [-0.3, -0.25) is 0 Å². The Hall–Kier alpha value is -0.120. The molecule has 3 atom stereocenters. The lowest BCUT2D eigenvalue weighted by molar-refractivity contribution is -0.0481. The lowest BCUT2D eigenvalue weighted by atomic mass is 9.70. The molecule has 3 unspecified atom stereocenters. The normalized spacial score (nSPS) is 27.0. The van der Waals surface area contributed by atoms with Crippen LogP contribution in [0.25, 0.3) is 0 Å². The van der Waals surface area contributed by atoms with E-state index in [1.54, 1.807) is 0 Å². The van der Waals surface area contributed by atoms with E-state index in [9.17, 15) is 0 Å². The second kappa shape index (κ2) is 9.81. The van der Waals surface area contributed by atoms with Crippen molar-refractivity contribution in [3.05, 3.63) is 0 Å². The van der Waals surface area contributed by atoms with Crippen LogP contribution in [0, 0.1) is 11.3 Å². The van der Waals surface area contributed by atoms with Crippen LogP contribution in [0.1, 0.15) is 66.7 Å². The fourth-order valence-electron chi connectivity index (χ4n) is 3.17. The third-order valence-corrected chi connectivity index (χ3v) is 4.58. The van der Waals surface area contributed by atoms with E-state index in [1.165, 1.54) is 25.7 Å². The molecule has 0 aliphatic heterocycles. The molecular formula is C18H37NO2. The highest BCUT2D eigenvalue weighted by molar-refractivity contribution is 4.89. The van der Waals surface area contributed by atoms with E-state index in [2.05, 4.69) is 39.9 Å². The fraction of sp³-hybridized carbons (Fsp3) is 1.00. The van der Waals surface area contributed by atoms with Crippen molar-refractivity contribution in [1.82, 2.24) is 5.32 Å². The van der Waals surface area contributed by atoms with Gasteiger partial charge in [0.15, 0.2) is 0 Å². The van der Waals surface area contributed by atoms with Crippen LogP contribution in [0.3, 0.4) is 0 Å². The Morgan fingerprint density at radius 2 is 1.76 bits per heavy atom. The molecule has 3 nitrogen and oxygen atoms in total. The summed E-state index contributed by atoms with van der Waals surface area (Å²) in [6.07, 6.45) is 6.35. The SMILES string of the molecule is CCCNC1CCC(C(C)(C)C)CC1OCCOCCC. The van der Waals surface area contributed by atoms with Crippen LogP contribution in [-0.4, -0.2) is 38.5 Å². The topological polar surface area (TPSA) is 30.5 Å². The van der Waals surface area contributed by atoms with Crippen LogP contribution in [0.4, 0.5) is 0 Å². The van der Waals surface area contributed by atoms with E-state index in [4.69, 9.17) is 9.47 Å². The first-order valence-corrected chi connectivity index (χ1v) is 8.91. The van der Waals surface area contributed by atoms with Gasteiger partial charge in [-0.2, -0.15) is 0 Å². The highest BCUT2D eigenvalue weighted by Crippen LogP contribution is 2.38. The Labute approximate surface area is 132 Å². The molecule has 0 aromatic heterocycles. The minimum absolute atomic E-state index is 0.347. The third kappa shape index (κ3) is 7.12. The van der Waals surface area contributed by atoms with E-state index in [-0.39, 0.29) is 0 Å². The highest BCUT2D eigenvalue weighted by atomic mass is 16.5. The van der Waals surface area contributed by atoms with Gasteiger partial charge in [-0.1, -0.05) is 34.6 Å². The molecule has 0 saturated heterocycles. The van der Waals surface area contributed by atoms with Crippen LogP contribution in [0.2, 0.25) is 0 Å². The van der Waals surface area contributed by atoms with Gasteiger partial charge in [-0.25, -0.2) is 0 Å². The summed E-state index contributed by atoms with van der Waals surface area (Å²) >= 11 is 0. The molecule has 3 heteroatoms. The van der Waals surface area contributed by atoms with Gasteiger partial charge in [-0.15, -0.1) is 0 Å². The molecule has 1 aliphatic carbocycles. The molecule has 0 spiro atoms. The molecule has 1 saturated carbocycles. The highest BCUT2D eigenvalue weighted by Gasteiger charge is 2.36. The molecule has 0 heterocycles. The van der Waals surface area contributed by atoms with Gasteiger partial charge < -0.3 is 14.8 Å². The summed E-state index contributed by atoms with van der Waals surface area (Å²) < 4.78 is 11.7. The van der Waals surface area contributed by atoms with Gasteiger partial charge in [0, 0.05) is 12.6 Å². The van der Waals surface area contributed by atoms with Crippen molar-refractivity contribution >= 4 is 0 Å². The van der Waals surface area contributed by atoms with Gasteiger partial charge in [0.1, 0.15) is 0 Å². The molecule has 0 bridgehead atoms. The second-order valence-corrected chi connectivity index (χ2v) is 7.46. The number of hydrogen-bond acceptors (Lipinski definition) is 3. The molecule has 0 aromatic rings. The summed E-state index contributed by atoms with van der Waals surface area (Å²) in [6.45, 7) is 14.8. The van der Waals surface area contributed by atoms with Crippen molar-refractivity contribution in [2.75, 3.05) is 26.4 Å². The standard InChI is InChI=1S/C18H37NO2/c1-6-10-19-16-9-8-15(18(3,4)5)14-17(16)21-13-12-20-11-7-2/h15-17,19H,6-14H2,1-5H3. The first kappa shape index (κ1) is 18.9. The maximum atomic E-state index is 6.18. The monoisotopic (exact) mass is 299 g/mol. The summed E-state index contributed by atoms with van der Waals surface area (Å²) in [5, 5.41) is 3.68. The lowest BCUT2D eigenvalue weighted by Gasteiger charge is -2.42. The van der Waals surface area contributed by atoms with E-state index < -0.39 is 0 Å². The van der Waals surface area contributed by atoms with Crippen molar-refractivity contribution in [1.29, 1.82) is 0 Å². The Kier molecular flexibility index (Phi) is 8.84. The number of ether oxygens (including phenoxy) is 2. The van der Waals surface area contributed by atoms with Crippen molar-refractivity contribution in [3.8, 4) is 0 Å². The average Bonchev–Trinajstić information content (AvgIpc) is 2.44. The summed E-state index contributed by atoms with van der Waals surface area (Å²) in [7, 11) is 0. The molecule has 1 fully saturated rings. The number of hydrogen-bond donors (Lipinski definition) is 1. The zero-order valence-electron chi connectivity index (χ0n) is 14.9. The van der Waals surface area contributed by atoms with Gasteiger partial charge in [0.05, 0.1) is 19.3 Å². The van der Waals surface area contributed by atoms with E-state index >= 15 is 0 Å². The molecule has 21 heavy (non-hydrogen) atoms. The predicted molar refractivity (Wildman–Crippen MR) is 89.7 cm³/mol. The summed E-state index contributed by atoms with van der Waals surface area (Å²) in [5.74, 6) is 0.763. The van der Waals surface area contributed by atoms with E-state index in [1.807, 2.05) is 0 Å². The fourth-order valence-corrected chi connectivity index (χ4v) is 3.17. The average molecular weight is 299 g/mol.